The van der Waals surface area contributed by atoms with Crippen molar-refractivity contribution in [1.82, 2.24) is 0 Å². The molecule has 0 bridgehead atoms. The average Bonchev–Trinajstić information content (AvgIpc) is 2.66. The van der Waals surface area contributed by atoms with Crippen LogP contribution < -0.4 is 9.64 Å². The Balaban J connectivity index is 2.39. The molecule has 2 aromatic carbocycles. The summed E-state index contributed by atoms with van der Waals surface area (Å²) < 4.78 is 10.4. The minimum Gasteiger partial charge on any atom is -0.497 e. The van der Waals surface area contributed by atoms with E-state index in [1.54, 1.807) is 38.3 Å². The van der Waals surface area contributed by atoms with Gasteiger partial charge in [0.1, 0.15) is 11.9 Å². The van der Waals surface area contributed by atoms with E-state index in [0.717, 1.165) is 11.4 Å². The number of methoxy groups -OCH3 is 1. The second-order valence-electron chi connectivity index (χ2n) is 5.68. The third kappa shape index (κ3) is 4.68. The van der Waals surface area contributed by atoms with Crippen molar-refractivity contribution < 1.29 is 19.4 Å². The zero-order valence-electron chi connectivity index (χ0n) is 15.2. The molecule has 2 atom stereocenters. The first kappa shape index (κ1) is 20.1. The fraction of sp³-hybridized carbons (Fsp3) is 0.350. The normalized spacial score (nSPS) is 13.0. The van der Waals surface area contributed by atoms with Gasteiger partial charge in [0.25, 0.3) is 0 Å². The lowest BCUT2D eigenvalue weighted by Crippen LogP contribution is -2.46. The Morgan fingerprint density at radius 2 is 1.73 bits per heavy atom. The maximum atomic E-state index is 12.6. The van der Waals surface area contributed by atoms with Gasteiger partial charge in [-0.1, -0.05) is 23.7 Å². The molecule has 0 radical (unpaired) electrons. The molecule has 6 heteroatoms. The second-order valence-corrected chi connectivity index (χ2v) is 6.11. The summed E-state index contributed by atoms with van der Waals surface area (Å²) in [6.45, 7) is 4.42. The first-order valence-electron chi connectivity index (χ1n) is 8.52. The van der Waals surface area contributed by atoms with E-state index >= 15 is 0 Å². The number of rotatable bonds is 8. The van der Waals surface area contributed by atoms with Crippen molar-refractivity contribution in [3.63, 3.8) is 0 Å². The zero-order valence-corrected chi connectivity index (χ0v) is 15.9. The van der Waals surface area contributed by atoms with Gasteiger partial charge in [0, 0.05) is 17.3 Å². The van der Waals surface area contributed by atoms with E-state index in [-0.39, 0.29) is 6.61 Å². The summed E-state index contributed by atoms with van der Waals surface area (Å²) in [5.41, 5.74) is 1.39. The van der Waals surface area contributed by atoms with Crippen molar-refractivity contribution in [2.45, 2.75) is 26.0 Å². The topological polar surface area (TPSA) is 59.0 Å². The highest BCUT2D eigenvalue weighted by Crippen LogP contribution is 2.29. The van der Waals surface area contributed by atoms with Crippen LogP contribution in [0.4, 0.5) is 5.69 Å². The van der Waals surface area contributed by atoms with Gasteiger partial charge in [-0.05, 0) is 55.8 Å². The molecule has 0 aromatic heterocycles. The number of halogens is 1. The monoisotopic (exact) mass is 377 g/mol. The lowest BCUT2D eigenvalue weighted by Gasteiger charge is -2.34. The Morgan fingerprint density at radius 1 is 1.12 bits per heavy atom. The van der Waals surface area contributed by atoms with Gasteiger partial charge in [0.2, 0.25) is 0 Å². The standard InChI is InChI=1S/C20H24ClNO4/c1-4-22(16-10-12-17(25-3)13-11-16)18(20(24)26-5-2)19(23)14-6-8-15(21)9-7-14/h6-13,18-19,23H,4-5H2,1-3H3/t18-,19-/m1/s1. The number of hydrogen-bond donors (Lipinski definition) is 1. The summed E-state index contributed by atoms with van der Waals surface area (Å²) in [5, 5.41) is 11.5. The molecule has 0 amide bonds. The number of carbonyl (C=O) groups excluding carboxylic acids is 1. The van der Waals surface area contributed by atoms with Gasteiger partial charge in [-0.25, -0.2) is 4.79 Å². The van der Waals surface area contributed by atoms with Crippen LogP contribution in [0, 0.1) is 0 Å². The van der Waals surface area contributed by atoms with Crippen LogP contribution in [0.2, 0.25) is 5.02 Å². The Kier molecular flexibility index (Phi) is 7.30. The molecular weight excluding hydrogens is 354 g/mol. The highest BCUT2D eigenvalue weighted by atomic mass is 35.5. The third-order valence-electron chi connectivity index (χ3n) is 4.12. The van der Waals surface area contributed by atoms with Gasteiger partial charge in [-0.15, -0.1) is 0 Å². The van der Waals surface area contributed by atoms with Crippen molar-refractivity contribution in [3.05, 3.63) is 59.1 Å². The molecule has 2 aromatic rings. The van der Waals surface area contributed by atoms with Crippen LogP contribution in [0.1, 0.15) is 25.5 Å². The van der Waals surface area contributed by atoms with Crippen LogP contribution in [0.3, 0.4) is 0 Å². The number of ether oxygens (including phenoxy) is 2. The van der Waals surface area contributed by atoms with Crippen LogP contribution in [0.5, 0.6) is 5.75 Å². The molecule has 0 unspecified atom stereocenters. The summed E-state index contributed by atoms with van der Waals surface area (Å²) in [6, 6.07) is 13.2. The van der Waals surface area contributed by atoms with Gasteiger partial charge >= 0.3 is 5.97 Å². The highest BCUT2D eigenvalue weighted by Gasteiger charge is 2.34. The second kappa shape index (κ2) is 9.46. The number of benzene rings is 2. The molecule has 0 fully saturated rings. The number of likely N-dealkylation sites (N-methyl/N-ethyl adjacent to an activating group) is 1. The van der Waals surface area contributed by atoms with E-state index in [1.807, 2.05) is 36.1 Å². The molecule has 0 saturated carbocycles. The van der Waals surface area contributed by atoms with Crippen LogP contribution in [0.15, 0.2) is 48.5 Å². The van der Waals surface area contributed by atoms with Crippen molar-refractivity contribution in [2.24, 2.45) is 0 Å². The van der Waals surface area contributed by atoms with Crippen LogP contribution in [0.25, 0.3) is 0 Å². The number of esters is 1. The molecule has 0 aliphatic heterocycles. The van der Waals surface area contributed by atoms with Gasteiger partial charge in [-0.3, -0.25) is 0 Å². The largest absolute Gasteiger partial charge is 0.497 e. The SMILES string of the molecule is CCOC(=O)[C@@H]([C@H](O)c1ccc(Cl)cc1)N(CC)c1ccc(OC)cc1. The van der Waals surface area contributed by atoms with Crippen molar-refractivity contribution in [1.29, 1.82) is 0 Å². The fourth-order valence-electron chi connectivity index (χ4n) is 2.81. The highest BCUT2D eigenvalue weighted by molar-refractivity contribution is 6.30. The van der Waals surface area contributed by atoms with E-state index in [2.05, 4.69) is 0 Å². The fourth-order valence-corrected chi connectivity index (χ4v) is 2.94. The molecule has 26 heavy (non-hydrogen) atoms. The lowest BCUT2D eigenvalue weighted by atomic mass is 10.00. The summed E-state index contributed by atoms with van der Waals surface area (Å²) in [4.78, 5) is 14.5. The van der Waals surface area contributed by atoms with Crippen LogP contribution in [-0.2, 0) is 9.53 Å². The number of anilines is 1. The van der Waals surface area contributed by atoms with Crippen molar-refractivity contribution >= 4 is 23.3 Å². The molecule has 0 aliphatic carbocycles. The van der Waals surface area contributed by atoms with E-state index in [4.69, 9.17) is 21.1 Å². The van der Waals surface area contributed by atoms with Gasteiger partial charge in [0.05, 0.1) is 13.7 Å². The van der Waals surface area contributed by atoms with Gasteiger partial charge in [0.15, 0.2) is 6.04 Å². The number of aliphatic hydroxyl groups is 1. The maximum absolute atomic E-state index is 12.6. The first-order valence-corrected chi connectivity index (χ1v) is 8.90. The number of hydrogen-bond acceptors (Lipinski definition) is 5. The molecule has 5 nitrogen and oxygen atoms in total. The Hall–Kier alpha value is -2.24. The lowest BCUT2D eigenvalue weighted by molar-refractivity contribution is -0.147. The minimum atomic E-state index is -1.06. The third-order valence-corrected chi connectivity index (χ3v) is 4.37. The number of aliphatic hydroxyl groups excluding tert-OH is 1. The van der Waals surface area contributed by atoms with E-state index in [0.29, 0.717) is 17.1 Å². The van der Waals surface area contributed by atoms with E-state index < -0.39 is 18.1 Å². The number of nitrogens with zero attached hydrogens (tertiary/aromatic N) is 1. The van der Waals surface area contributed by atoms with Crippen LogP contribution in [-0.4, -0.2) is 37.4 Å². The van der Waals surface area contributed by atoms with E-state index in [1.165, 1.54) is 0 Å². The maximum Gasteiger partial charge on any atom is 0.331 e. The Labute approximate surface area is 159 Å². The summed E-state index contributed by atoms with van der Waals surface area (Å²) in [6.07, 6.45) is -1.06. The predicted octanol–water partition coefficient (Wildman–Crippen LogP) is 3.84. The molecule has 2 rings (SSSR count). The summed E-state index contributed by atoms with van der Waals surface area (Å²) in [5.74, 6) is 0.239. The van der Waals surface area contributed by atoms with E-state index in [9.17, 15) is 9.90 Å². The molecule has 0 saturated heterocycles. The molecular formula is C20H24ClNO4. The van der Waals surface area contributed by atoms with Gasteiger partial charge in [-0.2, -0.15) is 0 Å². The predicted molar refractivity (Wildman–Crippen MR) is 103 cm³/mol. The summed E-state index contributed by atoms with van der Waals surface area (Å²) >= 11 is 5.93. The van der Waals surface area contributed by atoms with Gasteiger partial charge < -0.3 is 19.5 Å². The van der Waals surface area contributed by atoms with Crippen LogP contribution >= 0.6 is 11.6 Å². The van der Waals surface area contributed by atoms with Crippen molar-refractivity contribution in [2.75, 3.05) is 25.2 Å². The molecule has 0 aliphatic rings. The minimum absolute atomic E-state index is 0.239. The molecule has 0 heterocycles. The number of carbonyl (C=O) groups is 1. The zero-order chi connectivity index (χ0) is 19.1. The molecule has 0 spiro atoms. The molecule has 1 N–H and O–H groups in total. The average molecular weight is 378 g/mol. The first-order chi connectivity index (χ1) is 12.5. The quantitative estimate of drug-likeness (QED) is 0.708. The summed E-state index contributed by atoms with van der Waals surface area (Å²) in [7, 11) is 1.60. The molecule has 140 valence electrons. The smallest absolute Gasteiger partial charge is 0.331 e. The Bertz CT molecular complexity index is 703. The van der Waals surface area contributed by atoms with Crippen molar-refractivity contribution in [3.8, 4) is 5.75 Å². The Morgan fingerprint density at radius 3 is 2.23 bits per heavy atom.